The maximum absolute atomic E-state index is 12.4. The van der Waals surface area contributed by atoms with Crippen molar-refractivity contribution in [2.75, 3.05) is 14.2 Å². The van der Waals surface area contributed by atoms with Crippen molar-refractivity contribution in [1.29, 1.82) is 0 Å². The van der Waals surface area contributed by atoms with E-state index in [0.717, 1.165) is 6.07 Å². The number of methoxy groups -OCH3 is 2. The lowest BCUT2D eigenvalue weighted by atomic mass is 10.3. The molecule has 84 valence electrons. The Balaban J connectivity index is 3.33. The van der Waals surface area contributed by atoms with Gasteiger partial charge in [0.05, 0.1) is 14.2 Å². The van der Waals surface area contributed by atoms with Gasteiger partial charge in [0.15, 0.2) is 5.69 Å². The van der Waals surface area contributed by atoms with Crippen molar-refractivity contribution in [1.82, 2.24) is 4.98 Å². The summed E-state index contributed by atoms with van der Waals surface area (Å²) in [5, 5.41) is 0. The number of ether oxygens (including phenoxy) is 2. The van der Waals surface area contributed by atoms with Crippen LogP contribution in [0.5, 0.6) is 11.6 Å². The molecular weight excluding hydrogens is 279 g/mol. The van der Waals surface area contributed by atoms with Gasteiger partial charge in [0.2, 0.25) is 5.88 Å². The van der Waals surface area contributed by atoms with Crippen LogP contribution in [0.4, 0.5) is 13.2 Å². The maximum atomic E-state index is 12.4. The second-order valence-corrected chi connectivity index (χ2v) is 3.32. The van der Waals surface area contributed by atoms with Gasteiger partial charge in [-0.25, -0.2) is 4.98 Å². The molecule has 0 aliphatic rings. The Morgan fingerprint density at radius 1 is 1.27 bits per heavy atom. The second-order valence-electron chi connectivity index (χ2n) is 2.53. The van der Waals surface area contributed by atoms with E-state index in [-0.39, 0.29) is 16.1 Å². The van der Waals surface area contributed by atoms with E-state index in [0.29, 0.717) is 0 Å². The van der Waals surface area contributed by atoms with Crippen LogP contribution in [0.3, 0.4) is 0 Å². The zero-order valence-electron chi connectivity index (χ0n) is 7.85. The minimum atomic E-state index is -4.53. The highest BCUT2D eigenvalue weighted by atomic mass is 79.9. The summed E-state index contributed by atoms with van der Waals surface area (Å²) in [6, 6.07) is 0.798. The quantitative estimate of drug-likeness (QED) is 0.837. The lowest BCUT2D eigenvalue weighted by Gasteiger charge is -2.11. The van der Waals surface area contributed by atoms with E-state index in [1.165, 1.54) is 14.2 Å². The molecular formula is C8H7BrF3NO2. The topological polar surface area (TPSA) is 31.4 Å². The molecule has 1 rings (SSSR count). The minimum absolute atomic E-state index is 0.0224. The van der Waals surface area contributed by atoms with E-state index in [2.05, 4.69) is 25.7 Å². The number of alkyl halides is 3. The Kier molecular flexibility index (Phi) is 3.43. The van der Waals surface area contributed by atoms with E-state index in [9.17, 15) is 13.2 Å². The van der Waals surface area contributed by atoms with Gasteiger partial charge in [0.25, 0.3) is 0 Å². The fourth-order valence-electron chi connectivity index (χ4n) is 0.913. The van der Waals surface area contributed by atoms with E-state index in [1.807, 2.05) is 0 Å². The van der Waals surface area contributed by atoms with E-state index in [1.54, 1.807) is 0 Å². The number of nitrogens with zero attached hydrogens (tertiary/aromatic N) is 1. The molecule has 0 amide bonds. The zero-order chi connectivity index (χ0) is 11.6. The lowest BCUT2D eigenvalue weighted by Crippen LogP contribution is -2.09. The van der Waals surface area contributed by atoms with Gasteiger partial charge in [-0.05, 0) is 15.9 Å². The van der Waals surface area contributed by atoms with Gasteiger partial charge < -0.3 is 9.47 Å². The van der Waals surface area contributed by atoms with Crippen molar-refractivity contribution in [3.05, 3.63) is 16.2 Å². The van der Waals surface area contributed by atoms with Crippen LogP contribution in [0.25, 0.3) is 0 Å². The summed E-state index contributed by atoms with van der Waals surface area (Å²) < 4.78 is 46.8. The molecule has 0 radical (unpaired) electrons. The summed E-state index contributed by atoms with van der Waals surface area (Å²) in [6.07, 6.45) is -4.53. The molecule has 0 bridgehead atoms. The average molecular weight is 286 g/mol. The van der Waals surface area contributed by atoms with Crippen molar-refractivity contribution in [2.45, 2.75) is 6.18 Å². The Hall–Kier alpha value is -0.980. The van der Waals surface area contributed by atoms with Crippen LogP contribution in [-0.2, 0) is 6.18 Å². The van der Waals surface area contributed by atoms with Crippen molar-refractivity contribution in [2.24, 2.45) is 0 Å². The van der Waals surface area contributed by atoms with Crippen molar-refractivity contribution >= 4 is 15.9 Å². The summed E-state index contributed by atoms with van der Waals surface area (Å²) in [4.78, 5) is 3.30. The molecule has 1 aromatic heterocycles. The third kappa shape index (κ3) is 2.53. The number of halogens is 4. The van der Waals surface area contributed by atoms with Gasteiger partial charge in [-0.3, -0.25) is 0 Å². The molecule has 7 heteroatoms. The van der Waals surface area contributed by atoms with Gasteiger partial charge in [-0.1, -0.05) is 0 Å². The van der Waals surface area contributed by atoms with Gasteiger partial charge in [0, 0.05) is 6.07 Å². The smallest absolute Gasteiger partial charge is 0.433 e. The van der Waals surface area contributed by atoms with Crippen LogP contribution in [0, 0.1) is 0 Å². The number of rotatable bonds is 2. The first kappa shape index (κ1) is 12.1. The molecule has 0 N–H and O–H groups in total. The van der Waals surface area contributed by atoms with Gasteiger partial charge in [0.1, 0.15) is 10.2 Å². The molecule has 0 atom stereocenters. The van der Waals surface area contributed by atoms with Crippen LogP contribution < -0.4 is 9.47 Å². The van der Waals surface area contributed by atoms with Crippen LogP contribution in [0.2, 0.25) is 0 Å². The highest BCUT2D eigenvalue weighted by Gasteiger charge is 2.34. The Morgan fingerprint density at radius 3 is 2.27 bits per heavy atom. The lowest BCUT2D eigenvalue weighted by molar-refractivity contribution is -0.141. The fourth-order valence-corrected chi connectivity index (χ4v) is 1.44. The molecule has 0 saturated carbocycles. The number of hydrogen-bond acceptors (Lipinski definition) is 3. The normalized spacial score (nSPS) is 11.3. The van der Waals surface area contributed by atoms with Gasteiger partial charge in [-0.2, -0.15) is 13.2 Å². The van der Waals surface area contributed by atoms with Crippen LogP contribution in [0.15, 0.2) is 10.5 Å². The first-order valence-corrected chi connectivity index (χ1v) is 4.55. The molecule has 1 heterocycles. The Bertz CT molecular complexity index is 342. The summed E-state index contributed by atoms with van der Waals surface area (Å²) in [6.45, 7) is 0. The molecule has 1 aromatic rings. The molecule has 0 aromatic carbocycles. The van der Waals surface area contributed by atoms with Crippen LogP contribution in [-0.4, -0.2) is 19.2 Å². The molecule has 0 unspecified atom stereocenters. The predicted octanol–water partition coefficient (Wildman–Crippen LogP) is 2.88. The second kappa shape index (κ2) is 4.26. The van der Waals surface area contributed by atoms with Crippen molar-refractivity contribution < 1.29 is 22.6 Å². The first-order valence-electron chi connectivity index (χ1n) is 3.76. The highest BCUT2D eigenvalue weighted by Crippen LogP contribution is 2.38. The molecule has 0 aliphatic heterocycles. The number of pyridine rings is 1. The number of hydrogen-bond donors (Lipinski definition) is 0. The van der Waals surface area contributed by atoms with Gasteiger partial charge in [-0.15, -0.1) is 0 Å². The summed E-state index contributed by atoms with van der Waals surface area (Å²) in [5.74, 6) is -0.143. The molecule has 3 nitrogen and oxygen atoms in total. The minimum Gasteiger partial charge on any atom is -0.495 e. The van der Waals surface area contributed by atoms with Crippen molar-refractivity contribution in [3.8, 4) is 11.6 Å². The van der Waals surface area contributed by atoms with Crippen LogP contribution in [0.1, 0.15) is 5.69 Å². The summed E-state index contributed by atoms with van der Waals surface area (Å²) in [7, 11) is 2.49. The Labute approximate surface area is 92.3 Å². The van der Waals surface area contributed by atoms with Gasteiger partial charge >= 0.3 is 6.18 Å². The van der Waals surface area contributed by atoms with Crippen LogP contribution >= 0.6 is 15.9 Å². The third-order valence-electron chi connectivity index (χ3n) is 1.60. The fraction of sp³-hybridized carbons (Fsp3) is 0.375. The maximum Gasteiger partial charge on any atom is 0.433 e. The zero-order valence-corrected chi connectivity index (χ0v) is 9.44. The third-order valence-corrected chi connectivity index (χ3v) is 2.33. The van der Waals surface area contributed by atoms with Crippen molar-refractivity contribution in [3.63, 3.8) is 0 Å². The van der Waals surface area contributed by atoms with E-state index >= 15 is 0 Å². The average Bonchev–Trinajstić information content (AvgIpc) is 2.16. The monoisotopic (exact) mass is 285 g/mol. The summed E-state index contributed by atoms with van der Waals surface area (Å²) in [5.41, 5.74) is -1.06. The van der Waals surface area contributed by atoms with E-state index in [4.69, 9.17) is 4.74 Å². The Morgan fingerprint density at radius 2 is 1.87 bits per heavy atom. The molecule has 0 spiro atoms. The molecule has 15 heavy (non-hydrogen) atoms. The molecule has 0 fully saturated rings. The van der Waals surface area contributed by atoms with E-state index < -0.39 is 11.9 Å². The first-order chi connectivity index (χ1) is 6.90. The predicted molar refractivity (Wildman–Crippen MR) is 50.0 cm³/mol. The standard InChI is InChI=1S/C8H7BrF3NO2/c1-14-4-3-5(8(10,11)12)13-7(15-2)6(4)9/h3H,1-2H3. The molecule has 0 saturated heterocycles. The largest absolute Gasteiger partial charge is 0.495 e. The highest BCUT2D eigenvalue weighted by molar-refractivity contribution is 9.10. The SMILES string of the molecule is COc1cc(C(F)(F)F)nc(OC)c1Br. The summed E-state index contributed by atoms with van der Waals surface area (Å²) >= 11 is 3.02. The molecule has 0 aliphatic carbocycles. The number of aromatic nitrogens is 1.